The smallest absolute Gasteiger partial charge is 0.266 e. The minimum atomic E-state index is -0.237. The second-order valence-corrected chi connectivity index (χ2v) is 7.43. The highest BCUT2D eigenvalue weighted by Crippen LogP contribution is 2.24. The van der Waals surface area contributed by atoms with Gasteiger partial charge in [-0.05, 0) is 30.5 Å². The predicted octanol–water partition coefficient (Wildman–Crippen LogP) is 4.25. The van der Waals surface area contributed by atoms with Crippen molar-refractivity contribution < 1.29 is 0 Å². The number of rotatable bonds is 5. The number of aryl methyl sites for hydroxylation is 2. The Kier molecular flexibility index (Phi) is 4.81. The van der Waals surface area contributed by atoms with Crippen molar-refractivity contribution in [3.63, 3.8) is 0 Å². The van der Waals surface area contributed by atoms with Gasteiger partial charge in [0.15, 0.2) is 0 Å². The van der Waals surface area contributed by atoms with Gasteiger partial charge in [-0.2, -0.15) is 5.10 Å². The lowest BCUT2D eigenvalue weighted by Crippen LogP contribution is -2.13. The van der Waals surface area contributed by atoms with Crippen LogP contribution in [0.4, 0.5) is 0 Å². The van der Waals surface area contributed by atoms with Gasteiger partial charge in [-0.25, -0.2) is 9.61 Å². The maximum absolute atomic E-state index is 12.2. The molecule has 2 aromatic heterocycles. The molecule has 0 aliphatic carbocycles. The molecule has 1 N–H and O–H groups in total. The summed E-state index contributed by atoms with van der Waals surface area (Å²) < 4.78 is 1.64. The number of hydrogen-bond acceptors (Lipinski definition) is 4. The lowest BCUT2D eigenvalue weighted by molar-refractivity contribution is 0.728. The normalized spacial score (nSPS) is 11.2. The van der Waals surface area contributed by atoms with Crippen LogP contribution < -0.4 is 5.56 Å². The molecule has 0 aliphatic rings. The molecule has 2 aromatic carbocycles. The van der Waals surface area contributed by atoms with Crippen molar-refractivity contribution in [1.29, 1.82) is 0 Å². The van der Waals surface area contributed by atoms with E-state index in [1.54, 1.807) is 16.3 Å². The third kappa shape index (κ3) is 3.66. The number of benzene rings is 2. The maximum atomic E-state index is 12.2. The minimum Gasteiger partial charge on any atom is -0.266 e. The SMILES string of the molecule is CCc1ccc(-c2cc3c(=O)[nH]nc(SCc4ccc(C)cc4)n3n2)cc1. The van der Waals surface area contributed by atoms with Gasteiger partial charge in [0.1, 0.15) is 5.52 Å². The summed E-state index contributed by atoms with van der Waals surface area (Å²) in [7, 11) is 0. The van der Waals surface area contributed by atoms with Crippen LogP contribution in [0.15, 0.2) is 64.5 Å². The van der Waals surface area contributed by atoms with Crippen LogP contribution in [0.3, 0.4) is 0 Å². The molecule has 0 bridgehead atoms. The van der Waals surface area contributed by atoms with E-state index in [0.29, 0.717) is 10.7 Å². The van der Waals surface area contributed by atoms with E-state index in [2.05, 4.69) is 65.5 Å². The molecular weight excluding hydrogens is 356 g/mol. The van der Waals surface area contributed by atoms with Crippen LogP contribution in [0.2, 0.25) is 0 Å². The van der Waals surface area contributed by atoms with E-state index in [1.807, 2.05) is 18.2 Å². The number of hydrogen-bond donors (Lipinski definition) is 1. The van der Waals surface area contributed by atoms with Gasteiger partial charge in [0.05, 0.1) is 5.69 Å². The Morgan fingerprint density at radius 1 is 1.04 bits per heavy atom. The maximum Gasteiger partial charge on any atom is 0.290 e. The molecule has 0 saturated carbocycles. The van der Waals surface area contributed by atoms with E-state index in [4.69, 9.17) is 0 Å². The third-order valence-electron chi connectivity index (χ3n) is 4.52. The Bertz CT molecular complexity index is 1130. The van der Waals surface area contributed by atoms with Crippen molar-refractivity contribution in [2.45, 2.75) is 31.2 Å². The molecule has 0 saturated heterocycles. The Balaban J connectivity index is 1.67. The van der Waals surface area contributed by atoms with Crippen molar-refractivity contribution in [3.8, 4) is 11.3 Å². The molecule has 6 heteroatoms. The summed E-state index contributed by atoms with van der Waals surface area (Å²) in [5.74, 6) is 0.759. The highest BCUT2D eigenvalue weighted by Gasteiger charge is 2.12. The molecule has 2 heterocycles. The summed E-state index contributed by atoms with van der Waals surface area (Å²) in [6.45, 7) is 4.20. The van der Waals surface area contributed by atoms with Gasteiger partial charge in [-0.1, -0.05) is 72.8 Å². The number of nitrogens with zero attached hydrogens (tertiary/aromatic N) is 3. The van der Waals surface area contributed by atoms with Crippen molar-refractivity contribution in [2.75, 3.05) is 0 Å². The molecule has 4 aromatic rings. The van der Waals surface area contributed by atoms with Crippen LogP contribution in [0.5, 0.6) is 0 Å². The lowest BCUT2D eigenvalue weighted by atomic mass is 10.1. The standard InChI is InChI=1S/C21H20N4OS/c1-3-15-8-10-17(11-9-15)18-12-19-20(26)22-23-21(25(19)24-18)27-13-16-6-4-14(2)5-7-16/h4-12H,3,13H2,1-2H3,(H,22,26). The molecule has 0 radical (unpaired) electrons. The van der Waals surface area contributed by atoms with Crippen LogP contribution >= 0.6 is 11.8 Å². The molecule has 0 unspecified atom stereocenters. The topological polar surface area (TPSA) is 63.0 Å². The van der Waals surface area contributed by atoms with Gasteiger partial charge < -0.3 is 0 Å². The van der Waals surface area contributed by atoms with E-state index >= 15 is 0 Å². The fraction of sp³-hybridized carbons (Fsp3) is 0.190. The first-order valence-corrected chi connectivity index (χ1v) is 9.88. The Morgan fingerprint density at radius 3 is 2.44 bits per heavy atom. The monoisotopic (exact) mass is 376 g/mol. The summed E-state index contributed by atoms with van der Waals surface area (Å²) >= 11 is 1.55. The average molecular weight is 376 g/mol. The lowest BCUT2D eigenvalue weighted by Gasteiger charge is -2.03. The zero-order chi connectivity index (χ0) is 18.8. The van der Waals surface area contributed by atoms with Gasteiger partial charge in [-0.3, -0.25) is 4.79 Å². The Labute approximate surface area is 161 Å². The molecule has 4 rings (SSSR count). The fourth-order valence-electron chi connectivity index (χ4n) is 2.87. The number of fused-ring (bicyclic) bond motifs is 1. The van der Waals surface area contributed by atoms with Crippen molar-refractivity contribution in [1.82, 2.24) is 19.8 Å². The first kappa shape index (κ1) is 17.5. The molecule has 0 fully saturated rings. The summed E-state index contributed by atoms with van der Waals surface area (Å²) in [4.78, 5) is 12.2. The molecule has 136 valence electrons. The van der Waals surface area contributed by atoms with E-state index < -0.39 is 0 Å². The van der Waals surface area contributed by atoms with Gasteiger partial charge in [0.2, 0.25) is 5.16 Å². The molecule has 0 amide bonds. The van der Waals surface area contributed by atoms with Crippen molar-refractivity contribution in [2.24, 2.45) is 0 Å². The van der Waals surface area contributed by atoms with Crippen LogP contribution in [0.1, 0.15) is 23.6 Å². The Morgan fingerprint density at radius 2 is 1.74 bits per heavy atom. The number of aromatic nitrogens is 4. The quantitative estimate of drug-likeness (QED) is 0.529. The van der Waals surface area contributed by atoms with Crippen LogP contribution in [-0.4, -0.2) is 19.8 Å². The second-order valence-electron chi connectivity index (χ2n) is 6.49. The molecule has 0 spiro atoms. The Hall–Kier alpha value is -2.86. The average Bonchev–Trinajstić information content (AvgIpc) is 3.15. The number of aromatic amines is 1. The summed E-state index contributed by atoms with van der Waals surface area (Å²) in [6, 6.07) is 18.5. The van der Waals surface area contributed by atoms with Gasteiger partial charge in [0.25, 0.3) is 5.56 Å². The molecule has 0 aliphatic heterocycles. The van der Waals surface area contributed by atoms with E-state index in [9.17, 15) is 4.79 Å². The fourth-order valence-corrected chi connectivity index (χ4v) is 3.73. The van der Waals surface area contributed by atoms with Crippen molar-refractivity contribution in [3.05, 3.63) is 81.6 Å². The summed E-state index contributed by atoms with van der Waals surface area (Å²) in [5.41, 5.74) is 5.74. The summed E-state index contributed by atoms with van der Waals surface area (Å²) in [5, 5.41) is 12.1. The second kappa shape index (κ2) is 7.40. The van der Waals surface area contributed by atoms with Gasteiger partial charge >= 0.3 is 0 Å². The first-order chi connectivity index (χ1) is 13.1. The zero-order valence-electron chi connectivity index (χ0n) is 15.3. The number of thioether (sulfide) groups is 1. The van der Waals surface area contributed by atoms with Gasteiger partial charge in [-0.15, -0.1) is 5.10 Å². The highest BCUT2D eigenvalue weighted by molar-refractivity contribution is 7.98. The van der Waals surface area contributed by atoms with Gasteiger partial charge in [0, 0.05) is 11.3 Å². The zero-order valence-corrected chi connectivity index (χ0v) is 16.1. The molecule has 5 nitrogen and oxygen atoms in total. The summed E-state index contributed by atoms with van der Waals surface area (Å²) in [6.07, 6.45) is 0.995. The van der Waals surface area contributed by atoms with Crippen LogP contribution in [-0.2, 0) is 12.2 Å². The third-order valence-corrected chi connectivity index (χ3v) is 5.52. The van der Waals surface area contributed by atoms with Crippen molar-refractivity contribution >= 4 is 17.3 Å². The van der Waals surface area contributed by atoms with E-state index in [1.165, 1.54) is 16.7 Å². The number of nitrogens with one attached hydrogen (secondary N) is 1. The van der Waals surface area contributed by atoms with E-state index in [-0.39, 0.29) is 5.56 Å². The van der Waals surface area contributed by atoms with E-state index in [0.717, 1.165) is 23.4 Å². The number of H-pyrrole nitrogens is 1. The van der Waals surface area contributed by atoms with Crippen LogP contribution in [0.25, 0.3) is 16.8 Å². The molecular formula is C21H20N4OS. The predicted molar refractivity (Wildman–Crippen MR) is 109 cm³/mol. The largest absolute Gasteiger partial charge is 0.290 e. The highest BCUT2D eigenvalue weighted by atomic mass is 32.2. The van der Waals surface area contributed by atoms with Crippen LogP contribution in [0, 0.1) is 6.92 Å². The first-order valence-electron chi connectivity index (χ1n) is 8.90. The minimum absolute atomic E-state index is 0.237. The molecule has 0 atom stereocenters. The molecule has 27 heavy (non-hydrogen) atoms.